The quantitative estimate of drug-likeness (QED) is 0.760. The maximum absolute atomic E-state index is 13.2. The Hall–Kier alpha value is -2.58. The molecule has 2 aromatic carbocycles. The monoisotopic (exact) mass is 444 g/mol. The van der Waals surface area contributed by atoms with Crippen LogP contribution in [0.3, 0.4) is 0 Å². The fourth-order valence-corrected chi connectivity index (χ4v) is 5.62. The van der Waals surface area contributed by atoms with Gasteiger partial charge in [-0.05, 0) is 57.0 Å². The van der Waals surface area contributed by atoms with Crippen LogP contribution in [0, 0.1) is 6.92 Å². The summed E-state index contributed by atoms with van der Waals surface area (Å²) in [6.07, 6.45) is 1.85. The van der Waals surface area contributed by atoms with E-state index < -0.39 is 21.7 Å². The molecule has 2 aromatic rings. The second-order valence-corrected chi connectivity index (χ2v) is 10.5. The highest BCUT2D eigenvalue weighted by Crippen LogP contribution is 2.42. The van der Waals surface area contributed by atoms with Gasteiger partial charge in [0, 0.05) is 36.7 Å². The maximum Gasteiger partial charge on any atom is 0.241 e. The molecule has 166 valence electrons. The number of ether oxygens (including phenoxy) is 2. The zero-order valence-corrected chi connectivity index (χ0v) is 19.1. The van der Waals surface area contributed by atoms with Crippen LogP contribution < -0.4 is 19.1 Å². The van der Waals surface area contributed by atoms with Gasteiger partial charge in [0.2, 0.25) is 15.9 Å². The zero-order valence-electron chi connectivity index (χ0n) is 18.3. The summed E-state index contributed by atoms with van der Waals surface area (Å²) in [5.41, 5.74) is 1.77. The minimum Gasteiger partial charge on any atom is -0.497 e. The van der Waals surface area contributed by atoms with Crippen LogP contribution in [0.1, 0.15) is 50.3 Å². The number of anilines is 1. The molecule has 2 heterocycles. The Labute approximate surface area is 183 Å². The Morgan fingerprint density at radius 3 is 2.61 bits per heavy atom. The molecule has 8 heteroatoms. The number of aryl methyl sites for hydroxylation is 1. The number of nitrogens with one attached hydrogen (secondary N) is 1. The number of hydrogen-bond donors (Lipinski definition) is 1. The van der Waals surface area contributed by atoms with Crippen molar-refractivity contribution in [3.63, 3.8) is 0 Å². The Bertz CT molecular complexity index is 1130. The van der Waals surface area contributed by atoms with Crippen molar-refractivity contribution in [2.75, 3.05) is 18.6 Å². The van der Waals surface area contributed by atoms with Crippen molar-refractivity contribution < 1.29 is 22.7 Å². The number of nitrogens with zero attached hydrogens (tertiary/aromatic N) is 1. The second kappa shape index (κ2) is 7.84. The van der Waals surface area contributed by atoms with Crippen LogP contribution in [-0.4, -0.2) is 33.6 Å². The lowest BCUT2D eigenvalue weighted by molar-refractivity contribution is -0.117. The summed E-state index contributed by atoms with van der Waals surface area (Å²) in [4.78, 5) is 14.0. The molecule has 1 atom stereocenters. The standard InChI is InChI=1S/C23H28N2O5S/c1-15-12-17(8-10-20(15)25-11-5-6-22(25)26)31(27,28)24-19-14-23(2,3)30-21-13-16(29-4)7-9-18(19)21/h7-10,12-13,19,24H,5-6,11,14H2,1-4H3/t19-/m1/s1. The summed E-state index contributed by atoms with van der Waals surface area (Å²) in [5, 5.41) is 0. The van der Waals surface area contributed by atoms with Crippen LogP contribution >= 0.6 is 0 Å². The first-order valence-corrected chi connectivity index (χ1v) is 11.9. The summed E-state index contributed by atoms with van der Waals surface area (Å²) in [5.74, 6) is 1.34. The number of rotatable bonds is 5. The summed E-state index contributed by atoms with van der Waals surface area (Å²) in [6.45, 7) is 6.37. The number of fused-ring (bicyclic) bond motifs is 1. The maximum atomic E-state index is 13.2. The molecule has 0 saturated carbocycles. The molecular weight excluding hydrogens is 416 g/mol. The third-order valence-electron chi connectivity index (χ3n) is 5.82. The molecule has 4 rings (SSSR count). The van der Waals surface area contributed by atoms with E-state index in [4.69, 9.17) is 9.47 Å². The molecule has 1 saturated heterocycles. The van der Waals surface area contributed by atoms with Gasteiger partial charge in [0.15, 0.2) is 0 Å². The van der Waals surface area contributed by atoms with E-state index in [1.54, 1.807) is 42.3 Å². The number of carbonyl (C=O) groups is 1. The Morgan fingerprint density at radius 2 is 1.97 bits per heavy atom. The molecular formula is C23H28N2O5S. The van der Waals surface area contributed by atoms with Gasteiger partial charge in [-0.2, -0.15) is 0 Å². The smallest absolute Gasteiger partial charge is 0.241 e. The van der Waals surface area contributed by atoms with Crippen molar-refractivity contribution >= 4 is 21.6 Å². The van der Waals surface area contributed by atoms with Crippen molar-refractivity contribution in [3.8, 4) is 11.5 Å². The number of benzene rings is 2. The van der Waals surface area contributed by atoms with Gasteiger partial charge in [0.1, 0.15) is 17.1 Å². The summed E-state index contributed by atoms with van der Waals surface area (Å²) < 4.78 is 40.7. The van der Waals surface area contributed by atoms with Crippen LogP contribution in [0.4, 0.5) is 5.69 Å². The van der Waals surface area contributed by atoms with Gasteiger partial charge in [0.05, 0.1) is 18.0 Å². The average Bonchev–Trinajstić information content (AvgIpc) is 3.11. The number of hydrogen-bond acceptors (Lipinski definition) is 5. The molecule has 31 heavy (non-hydrogen) atoms. The Balaban J connectivity index is 1.63. The SMILES string of the molecule is COc1ccc2c(c1)OC(C)(C)C[C@H]2NS(=O)(=O)c1ccc(N2CCCC2=O)c(C)c1. The predicted molar refractivity (Wildman–Crippen MR) is 118 cm³/mol. The molecule has 2 aliphatic heterocycles. The third-order valence-corrected chi connectivity index (χ3v) is 7.29. The minimum absolute atomic E-state index is 0.0771. The van der Waals surface area contributed by atoms with Crippen LogP contribution in [0.25, 0.3) is 0 Å². The first kappa shape index (κ1) is 21.6. The number of methoxy groups -OCH3 is 1. The van der Waals surface area contributed by atoms with Crippen molar-refractivity contribution in [1.82, 2.24) is 4.72 Å². The molecule has 0 aliphatic carbocycles. The van der Waals surface area contributed by atoms with Gasteiger partial charge in [-0.25, -0.2) is 13.1 Å². The highest BCUT2D eigenvalue weighted by molar-refractivity contribution is 7.89. The Kier molecular flexibility index (Phi) is 5.47. The highest BCUT2D eigenvalue weighted by Gasteiger charge is 2.36. The Morgan fingerprint density at radius 1 is 1.19 bits per heavy atom. The largest absolute Gasteiger partial charge is 0.497 e. The average molecular weight is 445 g/mol. The highest BCUT2D eigenvalue weighted by atomic mass is 32.2. The van der Waals surface area contributed by atoms with E-state index in [0.29, 0.717) is 30.9 Å². The van der Waals surface area contributed by atoms with Crippen LogP contribution in [-0.2, 0) is 14.8 Å². The molecule has 7 nitrogen and oxygen atoms in total. The molecule has 2 aliphatic rings. The first-order valence-electron chi connectivity index (χ1n) is 10.4. The number of amides is 1. The van der Waals surface area contributed by atoms with Crippen molar-refractivity contribution in [2.24, 2.45) is 0 Å². The third kappa shape index (κ3) is 4.27. The fraction of sp³-hybridized carbons (Fsp3) is 0.435. The molecule has 1 fully saturated rings. The van der Waals surface area contributed by atoms with E-state index in [2.05, 4.69) is 4.72 Å². The molecule has 1 N–H and O–H groups in total. The van der Waals surface area contributed by atoms with Crippen LogP contribution in [0.2, 0.25) is 0 Å². The van der Waals surface area contributed by atoms with E-state index >= 15 is 0 Å². The zero-order chi connectivity index (χ0) is 22.4. The number of carbonyl (C=O) groups excluding carboxylic acids is 1. The number of sulfonamides is 1. The topological polar surface area (TPSA) is 84.9 Å². The van der Waals surface area contributed by atoms with Crippen LogP contribution in [0.15, 0.2) is 41.3 Å². The lowest BCUT2D eigenvalue weighted by atomic mass is 9.90. The van der Waals surface area contributed by atoms with Gasteiger partial charge in [-0.15, -0.1) is 0 Å². The molecule has 0 radical (unpaired) electrons. The summed E-state index contributed by atoms with van der Waals surface area (Å²) in [6, 6.07) is 9.90. The molecule has 0 unspecified atom stereocenters. The normalized spacial score (nSPS) is 20.3. The fourth-order valence-electron chi connectivity index (χ4n) is 4.32. The van der Waals surface area contributed by atoms with E-state index in [1.165, 1.54) is 0 Å². The van der Waals surface area contributed by atoms with E-state index in [0.717, 1.165) is 23.2 Å². The molecule has 0 bridgehead atoms. The van der Waals surface area contributed by atoms with Crippen LogP contribution in [0.5, 0.6) is 11.5 Å². The first-order chi connectivity index (χ1) is 14.6. The van der Waals surface area contributed by atoms with Gasteiger partial charge >= 0.3 is 0 Å². The van der Waals surface area contributed by atoms with E-state index in [1.807, 2.05) is 26.8 Å². The second-order valence-electron chi connectivity index (χ2n) is 8.74. The molecule has 1 amide bonds. The summed E-state index contributed by atoms with van der Waals surface area (Å²) >= 11 is 0. The van der Waals surface area contributed by atoms with Gasteiger partial charge in [0.25, 0.3) is 0 Å². The van der Waals surface area contributed by atoms with Gasteiger partial charge in [-0.3, -0.25) is 4.79 Å². The minimum atomic E-state index is -3.79. The van der Waals surface area contributed by atoms with Crippen molar-refractivity contribution in [1.29, 1.82) is 0 Å². The van der Waals surface area contributed by atoms with Gasteiger partial charge < -0.3 is 14.4 Å². The van der Waals surface area contributed by atoms with E-state index in [-0.39, 0.29) is 10.8 Å². The lowest BCUT2D eigenvalue weighted by Gasteiger charge is -2.37. The molecule has 0 spiro atoms. The van der Waals surface area contributed by atoms with E-state index in [9.17, 15) is 13.2 Å². The molecule has 0 aromatic heterocycles. The van der Waals surface area contributed by atoms with Crippen molar-refractivity contribution in [2.45, 2.75) is 56.6 Å². The summed E-state index contributed by atoms with van der Waals surface area (Å²) in [7, 11) is -2.20. The van der Waals surface area contributed by atoms with Gasteiger partial charge in [-0.1, -0.05) is 6.07 Å². The van der Waals surface area contributed by atoms with Crippen molar-refractivity contribution in [3.05, 3.63) is 47.5 Å². The predicted octanol–water partition coefficient (Wildman–Crippen LogP) is 3.71. The lowest BCUT2D eigenvalue weighted by Crippen LogP contribution is -2.41.